The molecule has 3 aromatic rings. The van der Waals surface area contributed by atoms with Crippen LogP contribution in [0, 0.1) is 0 Å². The van der Waals surface area contributed by atoms with Crippen LogP contribution in [0.15, 0.2) is 72.8 Å². The van der Waals surface area contributed by atoms with Crippen molar-refractivity contribution in [3.8, 4) is 0 Å². The van der Waals surface area contributed by atoms with Crippen LogP contribution < -0.4 is 0 Å². The van der Waals surface area contributed by atoms with E-state index in [0.717, 1.165) is 10.8 Å². The quantitative estimate of drug-likeness (QED) is 0.525. The number of carbonyl (C=O) groups is 2. The second-order valence-electron chi connectivity index (χ2n) is 4.92. The summed E-state index contributed by atoms with van der Waals surface area (Å²) in [6.07, 6.45) is -0.0992. The van der Waals surface area contributed by atoms with E-state index in [1.807, 2.05) is 42.5 Å². The Hall–Kier alpha value is -2.74. The van der Waals surface area contributed by atoms with Crippen LogP contribution >= 0.6 is 0 Å². The highest BCUT2D eigenvalue weighted by atomic mass is 16.1. The molecule has 21 heavy (non-hydrogen) atoms. The fraction of sp³-hybridized carbons (Fsp3) is 0.0526. The number of fused-ring (bicyclic) bond motifs is 1. The molecule has 0 saturated heterocycles. The monoisotopic (exact) mass is 274 g/mol. The molecule has 0 amide bonds. The number of rotatable bonds is 4. The average molecular weight is 274 g/mol. The molecule has 3 aromatic carbocycles. The van der Waals surface area contributed by atoms with Crippen molar-refractivity contribution in [1.82, 2.24) is 0 Å². The summed E-state index contributed by atoms with van der Waals surface area (Å²) in [6, 6.07) is 22.2. The summed E-state index contributed by atoms with van der Waals surface area (Å²) < 4.78 is 0. The van der Waals surface area contributed by atoms with Crippen LogP contribution in [0.5, 0.6) is 0 Å². The lowest BCUT2D eigenvalue weighted by Crippen LogP contribution is -2.09. The van der Waals surface area contributed by atoms with Gasteiger partial charge < -0.3 is 0 Å². The number of Topliss-reactive ketones (excluding diaryl/α,β-unsaturated/α-hetero) is 2. The smallest absolute Gasteiger partial charge is 0.171 e. The van der Waals surface area contributed by atoms with E-state index in [9.17, 15) is 9.59 Å². The fourth-order valence-corrected chi connectivity index (χ4v) is 2.44. The first-order valence-electron chi connectivity index (χ1n) is 6.85. The highest BCUT2D eigenvalue weighted by Gasteiger charge is 2.15. The molecule has 0 radical (unpaired) electrons. The van der Waals surface area contributed by atoms with E-state index >= 15 is 0 Å². The highest BCUT2D eigenvalue weighted by Crippen LogP contribution is 2.20. The van der Waals surface area contributed by atoms with Crippen LogP contribution in [-0.4, -0.2) is 11.6 Å². The van der Waals surface area contributed by atoms with Crippen molar-refractivity contribution in [1.29, 1.82) is 0 Å². The van der Waals surface area contributed by atoms with Crippen LogP contribution in [0.2, 0.25) is 0 Å². The summed E-state index contributed by atoms with van der Waals surface area (Å²) >= 11 is 0. The Morgan fingerprint density at radius 3 is 2.14 bits per heavy atom. The van der Waals surface area contributed by atoms with Gasteiger partial charge in [-0.25, -0.2) is 0 Å². The zero-order valence-corrected chi connectivity index (χ0v) is 11.5. The van der Waals surface area contributed by atoms with E-state index in [2.05, 4.69) is 0 Å². The second kappa shape index (κ2) is 5.71. The molecule has 2 nitrogen and oxygen atoms in total. The zero-order chi connectivity index (χ0) is 14.7. The van der Waals surface area contributed by atoms with Crippen LogP contribution in [0.4, 0.5) is 0 Å². The first kappa shape index (κ1) is 13.3. The van der Waals surface area contributed by atoms with E-state index in [-0.39, 0.29) is 18.0 Å². The molecule has 102 valence electrons. The van der Waals surface area contributed by atoms with Gasteiger partial charge >= 0.3 is 0 Å². The molecule has 0 aliphatic rings. The minimum absolute atomic E-state index is 0.0992. The van der Waals surface area contributed by atoms with Gasteiger partial charge in [-0.3, -0.25) is 9.59 Å². The number of ketones is 2. The molecule has 0 saturated carbocycles. The van der Waals surface area contributed by atoms with E-state index < -0.39 is 0 Å². The van der Waals surface area contributed by atoms with E-state index in [1.165, 1.54) is 0 Å². The summed E-state index contributed by atoms with van der Waals surface area (Å²) in [4.78, 5) is 24.6. The minimum atomic E-state index is -0.145. The molecule has 2 heteroatoms. The number of hydrogen-bond donors (Lipinski definition) is 0. The molecule has 0 N–H and O–H groups in total. The van der Waals surface area contributed by atoms with Crippen molar-refractivity contribution in [2.24, 2.45) is 0 Å². The molecule has 0 heterocycles. The van der Waals surface area contributed by atoms with Gasteiger partial charge in [0, 0.05) is 11.1 Å². The maximum atomic E-state index is 12.4. The predicted molar refractivity (Wildman–Crippen MR) is 83.7 cm³/mol. The first-order chi connectivity index (χ1) is 10.3. The van der Waals surface area contributed by atoms with Crippen molar-refractivity contribution < 1.29 is 9.59 Å². The Bertz CT molecular complexity index is 799. The van der Waals surface area contributed by atoms with Gasteiger partial charge in [0.25, 0.3) is 0 Å². The lowest BCUT2D eigenvalue weighted by atomic mass is 9.97. The van der Waals surface area contributed by atoms with Gasteiger partial charge in [0.15, 0.2) is 11.6 Å². The lowest BCUT2D eigenvalue weighted by molar-refractivity contribution is 0.0895. The number of benzene rings is 3. The third-order valence-electron chi connectivity index (χ3n) is 3.51. The summed E-state index contributed by atoms with van der Waals surface area (Å²) in [5.41, 5.74) is 1.18. The van der Waals surface area contributed by atoms with Crippen molar-refractivity contribution in [3.63, 3.8) is 0 Å². The van der Waals surface area contributed by atoms with Gasteiger partial charge in [-0.2, -0.15) is 0 Å². The third kappa shape index (κ3) is 2.75. The Morgan fingerprint density at radius 2 is 1.33 bits per heavy atom. The lowest BCUT2D eigenvalue weighted by Gasteiger charge is -2.05. The van der Waals surface area contributed by atoms with Gasteiger partial charge in [0.05, 0.1) is 6.42 Å². The van der Waals surface area contributed by atoms with E-state index in [1.54, 1.807) is 30.3 Å². The Kier molecular flexibility index (Phi) is 3.61. The van der Waals surface area contributed by atoms with E-state index in [0.29, 0.717) is 11.1 Å². The third-order valence-corrected chi connectivity index (χ3v) is 3.51. The minimum Gasteiger partial charge on any atom is -0.294 e. The maximum Gasteiger partial charge on any atom is 0.171 e. The maximum absolute atomic E-state index is 12.4. The number of hydrogen-bond acceptors (Lipinski definition) is 2. The predicted octanol–water partition coefficient (Wildman–Crippen LogP) is 4.30. The summed E-state index contributed by atoms with van der Waals surface area (Å²) in [5.74, 6) is -0.283. The van der Waals surface area contributed by atoms with Gasteiger partial charge in [-0.15, -0.1) is 0 Å². The van der Waals surface area contributed by atoms with Crippen LogP contribution in [0.1, 0.15) is 27.1 Å². The molecule has 0 fully saturated rings. The molecule has 0 aliphatic heterocycles. The first-order valence-corrected chi connectivity index (χ1v) is 6.85. The topological polar surface area (TPSA) is 34.1 Å². The van der Waals surface area contributed by atoms with Crippen LogP contribution in [0.3, 0.4) is 0 Å². The van der Waals surface area contributed by atoms with Crippen molar-refractivity contribution in [2.75, 3.05) is 0 Å². The van der Waals surface area contributed by atoms with Crippen molar-refractivity contribution in [3.05, 3.63) is 83.9 Å². The molecular formula is C19H14O2. The van der Waals surface area contributed by atoms with Crippen LogP contribution in [-0.2, 0) is 0 Å². The Labute approximate surface area is 123 Å². The molecule has 0 atom stereocenters. The second-order valence-corrected chi connectivity index (χ2v) is 4.92. The van der Waals surface area contributed by atoms with E-state index in [4.69, 9.17) is 0 Å². The summed E-state index contributed by atoms with van der Waals surface area (Å²) in [5, 5.41) is 1.90. The molecule has 3 rings (SSSR count). The number of carbonyl (C=O) groups excluding carboxylic acids is 2. The van der Waals surface area contributed by atoms with Gasteiger partial charge in [0.2, 0.25) is 0 Å². The Morgan fingerprint density at radius 1 is 0.667 bits per heavy atom. The molecule has 0 aromatic heterocycles. The zero-order valence-electron chi connectivity index (χ0n) is 11.5. The molecule has 0 unspecified atom stereocenters. The SMILES string of the molecule is O=C(CC(=O)c1cccc2ccccc12)c1ccccc1. The normalized spacial score (nSPS) is 10.5. The summed E-state index contributed by atoms with van der Waals surface area (Å²) in [7, 11) is 0. The van der Waals surface area contributed by atoms with Crippen LogP contribution in [0.25, 0.3) is 10.8 Å². The van der Waals surface area contributed by atoms with Gasteiger partial charge in [0.1, 0.15) is 0 Å². The van der Waals surface area contributed by atoms with Gasteiger partial charge in [-0.1, -0.05) is 72.8 Å². The van der Waals surface area contributed by atoms with Crippen molar-refractivity contribution in [2.45, 2.75) is 6.42 Å². The summed E-state index contributed by atoms with van der Waals surface area (Å²) in [6.45, 7) is 0. The highest BCUT2D eigenvalue weighted by molar-refractivity contribution is 6.17. The molecule has 0 aliphatic carbocycles. The van der Waals surface area contributed by atoms with Crippen molar-refractivity contribution >= 4 is 22.3 Å². The Balaban J connectivity index is 1.90. The molecule has 0 spiro atoms. The molecule has 0 bridgehead atoms. The fourth-order valence-electron chi connectivity index (χ4n) is 2.44. The average Bonchev–Trinajstić information content (AvgIpc) is 2.55. The largest absolute Gasteiger partial charge is 0.294 e. The van der Waals surface area contributed by atoms with Gasteiger partial charge in [-0.05, 0) is 10.8 Å². The standard InChI is InChI=1S/C19H14O2/c20-18(15-8-2-1-3-9-15)13-19(21)17-12-6-10-14-7-4-5-11-16(14)17/h1-12H,13H2. The molecular weight excluding hydrogens is 260 g/mol.